The molecule has 0 spiro atoms. The number of fused-ring (bicyclic) bond motifs is 1. The Morgan fingerprint density at radius 1 is 0.941 bits per heavy atom. The molecule has 2 aliphatic rings. The van der Waals surface area contributed by atoms with Gasteiger partial charge in [-0.25, -0.2) is 14.8 Å². The number of carbonyl (C=O) groups is 2. The number of nitrogens with one attached hydrogen (secondary N) is 3. The summed E-state index contributed by atoms with van der Waals surface area (Å²) >= 11 is 0. The average Bonchev–Trinajstić information content (AvgIpc) is 3.94. The molecule has 2 amide bonds. The number of ether oxygens (including phenoxy) is 1. The Labute approximate surface area is 301 Å². The number of hydrogen-bond acceptors (Lipinski definition) is 7. The molecule has 2 saturated heterocycles. The number of alkyl carbamates (subject to hydrolysis) is 1. The maximum Gasteiger partial charge on any atom is 0.407 e. The molecule has 2 fully saturated rings. The van der Waals surface area contributed by atoms with Gasteiger partial charge in [0.05, 0.1) is 42.1 Å². The van der Waals surface area contributed by atoms with Gasteiger partial charge >= 0.3 is 6.09 Å². The molecule has 0 radical (unpaired) electrons. The minimum absolute atomic E-state index is 0.0861. The fourth-order valence-electron chi connectivity index (χ4n) is 7.55. The number of likely N-dealkylation sites (tertiary alicyclic amines) is 2. The highest BCUT2D eigenvalue weighted by atomic mass is 16.5. The van der Waals surface area contributed by atoms with E-state index in [1.807, 2.05) is 55.3 Å². The predicted molar refractivity (Wildman–Crippen MR) is 200 cm³/mol. The number of methoxy groups -OCH3 is 1. The zero-order chi connectivity index (χ0) is 36.2. The molecular weight excluding hydrogens is 640 g/mol. The van der Waals surface area contributed by atoms with Gasteiger partial charge in [0.15, 0.2) is 0 Å². The summed E-state index contributed by atoms with van der Waals surface area (Å²) in [4.78, 5) is 48.9. The lowest BCUT2D eigenvalue weighted by molar-refractivity contribution is -0.135. The quantitative estimate of drug-likeness (QED) is 0.171. The lowest BCUT2D eigenvalue weighted by Crippen LogP contribution is -2.51. The van der Waals surface area contributed by atoms with Crippen LogP contribution >= 0.6 is 0 Å². The van der Waals surface area contributed by atoms with Crippen LogP contribution in [0, 0.1) is 23.7 Å². The predicted octanol–water partition coefficient (Wildman–Crippen LogP) is 6.12. The van der Waals surface area contributed by atoms with Crippen LogP contribution in [-0.2, 0) is 9.53 Å². The van der Waals surface area contributed by atoms with Gasteiger partial charge in [-0.1, -0.05) is 51.7 Å². The fraction of sp³-hybridized carbons (Fsp3) is 0.500. The summed E-state index contributed by atoms with van der Waals surface area (Å²) in [5.74, 6) is 8.82. The summed E-state index contributed by atoms with van der Waals surface area (Å²) in [6, 6.07) is 14.3. The molecule has 3 N–H and O–H groups in total. The van der Waals surface area contributed by atoms with Gasteiger partial charge in [0, 0.05) is 30.3 Å². The van der Waals surface area contributed by atoms with Crippen molar-refractivity contribution < 1.29 is 14.3 Å². The summed E-state index contributed by atoms with van der Waals surface area (Å²) in [6.45, 7) is 11.2. The highest BCUT2D eigenvalue weighted by Gasteiger charge is 2.37. The van der Waals surface area contributed by atoms with Crippen molar-refractivity contribution in [1.82, 2.24) is 40.0 Å². The molecule has 0 aliphatic carbocycles. The number of H-pyrrole nitrogens is 2. The van der Waals surface area contributed by atoms with E-state index in [1.165, 1.54) is 13.5 Å². The van der Waals surface area contributed by atoms with E-state index in [-0.39, 0.29) is 17.9 Å². The molecule has 4 aromatic rings. The molecular formula is C40H52N8O3. The monoisotopic (exact) mass is 692 g/mol. The number of nitrogens with zero attached hydrogens (tertiary/aromatic N) is 5. The second-order valence-electron chi connectivity index (χ2n) is 14.8. The van der Waals surface area contributed by atoms with E-state index in [1.54, 1.807) is 0 Å². The standard InChI is InChI=1S/C40H52N8O3/c1-25(2)35(46(5)6)24-47-20-8-10-33(47)38-42-30-19-16-28(22-31(30)43-38)13-12-27-14-17-29(18-15-27)32-23-41-37(44-32)34-11-9-21-48(34)39(49)36(26(3)4)45-40(50)51-7/h14-19,22-23,25-26,33-36H,8-11,20-21,24H2,1-7H3,(H,41,44)(H,42,43)(H,45,50). The Hall–Kier alpha value is -4.66. The number of rotatable bonds is 10. The van der Waals surface area contributed by atoms with Crippen molar-refractivity contribution in [2.24, 2.45) is 11.8 Å². The van der Waals surface area contributed by atoms with Crippen molar-refractivity contribution in [2.45, 2.75) is 77.5 Å². The molecule has 51 heavy (non-hydrogen) atoms. The maximum absolute atomic E-state index is 13.5. The number of benzene rings is 2. The van der Waals surface area contributed by atoms with E-state index in [2.05, 4.69) is 82.0 Å². The van der Waals surface area contributed by atoms with Gasteiger partial charge in [-0.3, -0.25) is 9.69 Å². The molecule has 0 bridgehead atoms. The van der Waals surface area contributed by atoms with E-state index in [0.29, 0.717) is 24.5 Å². The van der Waals surface area contributed by atoms with Gasteiger partial charge in [-0.05, 0) is 94.1 Å². The first kappa shape index (κ1) is 36.1. The Balaban J connectivity index is 1.11. The third-order valence-electron chi connectivity index (χ3n) is 10.4. The van der Waals surface area contributed by atoms with E-state index in [9.17, 15) is 9.59 Å². The molecule has 2 aliphatic heterocycles. The zero-order valence-electron chi connectivity index (χ0n) is 31.0. The minimum atomic E-state index is -0.668. The maximum atomic E-state index is 13.5. The number of aromatic nitrogens is 4. The van der Waals surface area contributed by atoms with Crippen LogP contribution in [-0.4, -0.2) is 99.6 Å². The van der Waals surface area contributed by atoms with Crippen LogP contribution in [0.3, 0.4) is 0 Å². The molecule has 4 atom stereocenters. The highest BCUT2D eigenvalue weighted by Crippen LogP contribution is 2.34. The molecule has 2 aromatic heterocycles. The number of aromatic amines is 2. The van der Waals surface area contributed by atoms with Crippen LogP contribution in [0.4, 0.5) is 4.79 Å². The minimum Gasteiger partial charge on any atom is -0.453 e. The van der Waals surface area contributed by atoms with Crippen molar-refractivity contribution in [2.75, 3.05) is 40.8 Å². The third kappa shape index (κ3) is 8.13. The van der Waals surface area contributed by atoms with Crippen LogP contribution in [0.25, 0.3) is 22.3 Å². The molecule has 0 saturated carbocycles. The van der Waals surface area contributed by atoms with Crippen molar-refractivity contribution in [3.05, 3.63) is 71.4 Å². The fourth-order valence-corrected chi connectivity index (χ4v) is 7.55. The zero-order valence-corrected chi connectivity index (χ0v) is 31.0. The Bertz CT molecular complexity index is 1870. The summed E-state index contributed by atoms with van der Waals surface area (Å²) in [5, 5.41) is 2.70. The van der Waals surface area contributed by atoms with Gasteiger partial charge in [0.1, 0.15) is 17.7 Å². The largest absolute Gasteiger partial charge is 0.453 e. The van der Waals surface area contributed by atoms with Crippen LogP contribution in [0.15, 0.2) is 48.7 Å². The number of amides is 2. The van der Waals surface area contributed by atoms with Crippen molar-refractivity contribution >= 4 is 23.0 Å². The molecule has 11 heteroatoms. The molecule has 4 heterocycles. The Kier molecular flexibility index (Phi) is 11.1. The Morgan fingerprint density at radius 3 is 2.35 bits per heavy atom. The first-order chi connectivity index (χ1) is 24.5. The van der Waals surface area contributed by atoms with Crippen molar-refractivity contribution in [3.8, 4) is 23.1 Å². The third-order valence-corrected chi connectivity index (χ3v) is 10.4. The van der Waals surface area contributed by atoms with Gasteiger partial charge in [-0.2, -0.15) is 0 Å². The highest BCUT2D eigenvalue weighted by molar-refractivity contribution is 5.86. The number of hydrogen-bond donors (Lipinski definition) is 3. The Morgan fingerprint density at radius 2 is 1.65 bits per heavy atom. The summed E-state index contributed by atoms with van der Waals surface area (Å²) < 4.78 is 4.75. The van der Waals surface area contributed by atoms with Gasteiger partial charge < -0.3 is 29.8 Å². The van der Waals surface area contributed by atoms with E-state index >= 15 is 0 Å². The van der Waals surface area contributed by atoms with Crippen LogP contribution in [0.5, 0.6) is 0 Å². The lowest BCUT2D eigenvalue weighted by atomic mass is 10.0. The van der Waals surface area contributed by atoms with E-state index in [0.717, 1.165) is 77.4 Å². The number of carbonyl (C=O) groups excluding carboxylic acids is 2. The summed E-state index contributed by atoms with van der Waals surface area (Å²) in [7, 11) is 5.66. The van der Waals surface area contributed by atoms with Gasteiger partial charge in [0.25, 0.3) is 0 Å². The molecule has 6 rings (SSSR count). The molecule has 11 nitrogen and oxygen atoms in total. The van der Waals surface area contributed by atoms with Crippen LogP contribution < -0.4 is 5.32 Å². The van der Waals surface area contributed by atoms with Gasteiger partial charge in [0.2, 0.25) is 5.91 Å². The summed E-state index contributed by atoms with van der Waals surface area (Å²) in [5.41, 5.74) is 5.70. The van der Waals surface area contributed by atoms with Crippen molar-refractivity contribution in [3.63, 3.8) is 0 Å². The first-order valence-corrected chi connectivity index (χ1v) is 18.2. The summed E-state index contributed by atoms with van der Waals surface area (Å²) in [6.07, 6.45) is 5.18. The smallest absolute Gasteiger partial charge is 0.407 e. The van der Waals surface area contributed by atoms with Crippen LogP contribution in [0.1, 0.15) is 88.2 Å². The lowest BCUT2D eigenvalue weighted by Gasteiger charge is -2.34. The van der Waals surface area contributed by atoms with E-state index in [4.69, 9.17) is 9.72 Å². The second kappa shape index (κ2) is 15.7. The normalized spacial score (nSPS) is 19.1. The molecule has 270 valence electrons. The number of imidazole rings is 2. The van der Waals surface area contributed by atoms with E-state index < -0.39 is 12.1 Å². The van der Waals surface area contributed by atoms with Crippen LogP contribution in [0.2, 0.25) is 0 Å². The topological polar surface area (TPSA) is 122 Å². The second-order valence-corrected chi connectivity index (χ2v) is 14.8. The van der Waals surface area contributed by atoms with Crippen molar-refractivity contribution in [1.29, 1.82) is 0 Å². The molecule has 4 unspecified atom stereocenters. The SMILES string of the molecule is COC(=O)NC(C(=O)N1CCCC1c1ncc(-c2ccc(C#Cc3ccc4nc(C5CCCN5CC(C(C)C)N(C)C)[nH]c4c3)cc2)[nH]1)C(C)C. The number of likely N-dealkylation sites (N-methyl/N-ethyl adjacent to an activating group) is 1. The van der Waals surface area contributed by atoms with Gasteiger partial charge in [-0.15, -0.1) is 0 Å². The molecule has 2 aromatic carbocycles. The first-order valence-electron chi connectivity index (χ1n) is 18.2. The average molecular weight is 693 g/mol.